The molecule has 1 amide bonds. The van der Waals surface area contributed by atoms with Crippen LogP contribution in [0.5, 0.6) is 0 Å². The van der Waals surface area contributed by atoms with Gasteiger partial charge in [-0.15, -0.1) is 0 Å². The van der Waals surface area contributed by atoms with Gasteiger partial charge in [-0.25, -0.2) is 0 Å². The Morgan fingerprint density at radius 2 is 2.11 bits per heavy atom. The lowest BCUT2D eigenvalue weighted by Crippen LogP contribution is -2.38. The Labute approximate surface area is 111 Å². The molecule has 1 heterocycles. The summed E-state index contributed by atoms with van der Waals surface area (Å²) in [4.78, 5) is 13.3. The summed E-state index contributed by atoms with van der Waals surface area (Å²) in [5.41, 5.74) is 7.12. The number of aliphatic hydroxyl groups is 1. The molecule has 0 unspecified atom stereocenters. The summed E-state index contributed by atoms with van der Waals surface area (Å²) in [5, 5.41) is 9.99. The second kappa shape index (κ2) is 5.59. The third-order valence-electron chi connectivity index (χ3n) is 3.46. The van der Waals surface area contributed by atoms with Crippen molar-refractivity contribution in [3.8, 4) is 0 Å². The summed E-state index contributed by atoms with van der Waals surface area (Å²) in [7, 11) is 0. The average Bonchev–Trinajstić information content (AvgIpc) is 2.39. The first kappa shape index (κ1) is 13.2. The molecule has 0 bridgehead atoms. The Kier molecular flexibility index (Phi) is 4.09. The van der Waals surface area contributed by atoms with Crippen molar-refractivity contribution >= 4 is 23.2 Å². The van der Waals surface area contributed by atoms with Crippen LogP contribution in [0.4, 0.5) is 5.69 Å². The van der Waals surface area contributed by atoms with Gasteiger partial charge in [-0.1, -0.05) is 17.7 Å². The molecule has 0 aliphatic carbocycles. The number of amides is 1. The summed E-state index contributed by atoms with van der Waals surface area (Å²) in [6, 6.07) is 5.46. The number of hydrogen-bond acceptors (Lipinski definition) is 3. The lowest BCUT2D eigenvalue weighted by molar-refractivity contribution is -0.122. The number of primary amides is 1. The van der Waals surface area contributed by atoms with Crippen molar-refractivity contribution in [2.75, 3.05) is 18.0 Å². The SMILES string of the molecule is NC(=O)C1CCN(c2cc(Cl)ccc2CO)CC1. The molecule has 0 saturated carbocycles. The number of anilines is 1. The van der Waals surface area contributed by atoms with Gasteiger partial charge in [-0.2, -0.15) is 0 Å². The minimum absolute atomic E-state index is 0.0117. The number of rotatable bonds is 3. The van der Waals surface area contributed by atoms with Crippen molar-refractivity contribution in [3.63, 3.8) is 0 Å². The van der Waals surface area contributed by atoms with Crippen LogP contribution >= 0.6 is 11.6 Å². The maximum atomic E-state index is 11.1. The van der Waals surface area contributed by atoms with E-state index in [1.54, 1.807) is 6.07 Å². The third-order valence-corrected chi connectivity index (χ3v) is 3.69. The van der Waals surface area contributed by atoms with Crippen molar-refractivity contribution in [1.82, 2.24) is 0 Å². The van der Waals surface area contributed by atoms with E-state index in [-0.39, 0.29) is 18.4 Å². The Bertz CT molecular complexity index is 443. The highest BCUT2D eigenvalue weighted by molar-refractivity contribution is 6.30. The highest BCUT2D eigenvalue weighted by Gasteiger charge is 2.24. The fraction of sp³-hybridized carbons (Fsp3) is 0.462. The molecule has 18 heavy (non-hydrogen) atoms. The molecule has 0 atom stereocenters. The zero-order valence-electron chi connectivity index (χ0n) is 10.1. The maximum Gasteiger partial charge on any atom is 0.220 e. The Morgan fingerprint density at radius 3 is 2.67 bits per heavy atom. The van der Waals surface area contributed by atoms with Crippen molar-refractivity contribution in [1.29, 1.82) is 0 Å². The highest BCUT2D eigenvalue weighted by Crippen LogP contribution is 2.29. The van der Waals surface area contributed by atoms with Gasteiger partial charge >= 0.3 is 0 Å². The van der Waals surface area contributed by atoms with Gasteiger partial charge in [0.2, 0.25) is 5.91 Å². The molecule has 4 nitrogen and oxygen atoms in total. The lowest BCUT2D eigenvalue weighted by atomic mass is 9.95. The van der Waals surface area contributed by atoms with Crippen molar-refractivity contribution in [2.24, 2.45) is 11.7 Å². The lowest BCUT2D eigenvalue weighted by Gasteiger charge is -2.33. The van der Waals surface area contributed by atoms with E-state index in [9.17, 15) is 9.90 Å². The van der Waals surface area contributed by atoms with Crippen LogP contribution in [0.15, 0.2) is 18.2 Å². The number of carbonyl (C=O) groups is 1. The van der Waals surface area contributed by atoms with Gasteiger partial charge in [0.1, 0.15) is 0 Å². The molecule has 0 spiro atoms. The van der Waals surface area contributed by atoms with E-state index in [2.05, 4.69) is 4.90 Å². The molecule has 0 aromatic heterocycles. The van der Waals surface area contributed by atoms with Crippen molar-refractivity contribution in [2.45, 2.75) is 19.4 Å². The first-order chi connectivity index (χ1) is 8.61. The van der Waals surface area contributed by atoms with E-state index < -0.39 is 0 Å². The van der Waals surface area contributed by atoms with E-state index in [1.807, 2.05) is 12.1 Å². The molecular formula is C13H17ClN2O2. The van der Waals surface area contributed by atoms with E-state index in [1.165, 1.54) is 0 Å². The number of nitrogens with two attached hydrogens (primary N) is 1. The first-order valence-corrected chi connectivity index (χ1v) is 6.43. The molecule has 1 aromatic carbocycles. The highest BCUT2D eigenvalue weighted by atomic mass is 35.5. The number of carbonyl (C=O) groups excluding carboxylic acids is 1. The van der Waals surface area contributed by atoms with Crippen LogP contribution < -0.4 is 10.6 Å². The predicted octanol–water partition coefficient (Wildman–Crippen LogP) is 1.53. The predicted molar refractivity (Wildman–Crippen MR) is 71.5 cm³/mol. The Hall–Kier alpha value is -1.26. The summed E-state index contributed by atoms with van der Waals surface area (Å²) in [6.45, 7) is 1.52. The quantitative estimate of drug-likeness (QED) is 0.874. The first-order valence-electron chi connectivity index (χ1n) is 6.05. The third kappa shape index (κ3) is 2.76. The topological polar surface area (TPSA) is 66.6 Å². The molecule has 1 aliphatic rings. The number of aliphatic hydroxyl groups excluding tert-OH is 1. The number of halogens is 1. The van der Waals surface area contributed by atoms with Crippen molar-refractivity contribution in [3.05, 3.63) is 28.8 Å². The number of piperidine rings is 1. The molecular weight excluding hydrogens is 252 g/mol. The summed E-state index contributed by atoms with van der Waals surface area (Å²) in [5.74, 6) is -0.249. The van der Waals surface area contributed by atoms with Gasteiger partial charge in [-0.3, -0.25) is 4.79 Å². The van der Waals surface area contributed by atoms with Crippen LogP contribution in [0.1, 0.15) is 18.4 Å². The number of hydrogen-bond donors (Lipinski definition) is 2. The molecule has 1 saturated heterocycles. The van der Waals surface area contributed by atoms with Crippen molar-refractivity contribution < 1.29 is 9.90 Å². The standard InChI is InChI=1S/C13H17ClN2O2/c14-11-2-1-10(8-17)12(7-11)16-5-3-9(4-6-16)13(15)18/h1-2,7,9,17H,3-6,8H2,(H2,15,18). The van der Waals surface area contributed by atoms with E-state index in [0.29, 0.717) is 5.02 Å². The summed E-state index contributed by atoms with van der Waals surface area (Å²) >= 11 is 5.99. The Morgan fingerprint density at radius 1 is 1.44 bits per heavy atom. The molecule has 98 valence electrons. The summed E-state index contributed by atoms with van der Waals surface area (Å²) < 4.78 is 0. The summed E-state index contributed by atoms with van der Waals surface area (Å²) in [6.07, 6.45) is 1.51. The van der Waals surface area contributed by atoms with Crippen LogP contribution in [0, 0.1) is 5.92 Å². The van der Waals surface area contributed by atoms with Gasteiger partial charge in [0, 0.05) is 35.3 Å². The smallest absolute Gasteiger partial charge is 0.220 e. The molecule has 2 rings (SSSR count). The molecule has 1 aliphatic heterocycles. The number of nitrogens with zero attached hydrogens (tertiary/aromatic N) is 1. The fourth-order valence-electron chi connectivity index (χ4n) is 2.37. The van der Waals surface area contributed by atoms with Crippen LogP contribution in [-0.2, 0) is 11.4 Å². The van der Waals surface area contributed by atoms with Crippen LogP contribution in [-0.4, -0.2) is 24.1 Å². The molecule has 1 aromatic rings. The van der Waals surface area contributed by atoms with Gasteiger partial charge in [0.15, 0.2) is 0 Å². The van der Waals surface area contributed by atoms with Crippen LogP contribution in [0.2, 0.25) is 5.02 Å². The maximum absolute atomic E-state index is 11.1. The normalized spacial score (nSPS) is 16.9. The average molecular weight is 269 g/mol. The van der Waals surface area contributed by atoms with Gasteiger partial charge in [0.05, 0.1) is 6.61 Å². The molecule has 0 radical (unpaired) electrons. The fourth-order valence-corrected chi connectivity index (χ4v) is 2.54. The zero-order valence-corrected chi connectivity index (χ0v) is 10.9. The van der Waals surface area contributed by atoms with Crippen LogP contribution in [0.25, 0.3) is 0 Å². The Balaban J connectivity index is 2.14. The minimum Gasteiger partial charge on any atom is -0.392 e. The molecule has 5 heteroatoms. The van der Waals surface area contributed by atoms with Crippen LogP contribution in [0.3, 0.4) is 0 Å². The van der Waals surface area contributed by atoms with E-state index in [4.69, 9.17) is 17.3 Å². The van der Waals surface area contributed by atoms with E-state index >= 15 is 0 Å². The number of benzene rings is 1. The monoisotopic (exact) mass is 268 g/mol. The van der Waals surface area contributed by atoms with Gasteiger partial charge < -0.3 is 15.7 Å². The largest absolute Gasteiger partial charge is 0.392 e. The van der Waals surface area contributed by atoms with Gasteiger partial charge in [-0.05, 0) is 25.0 Å². The van der Waals surface area contributed by atoms with E-state index in [0.717, 1.165) is 37.2 Å². The zero-order chi connectivity index (χ0) is 13.1. The second-order valence-electron chi connectivity index (χ2n) is 4.59. The minimum atomic E-state index is -0.219. The van der Waals surface area contributed by atoms with Gasteiger partial charge in [0.25, 0.3) is 0 Å². The molecule has 1 fully saturated rings. The second-order valence-corrected chi connectivity index (χ2v) is 5.03. The molecule has 3 N–H and O–H groups in total.